The summed E-state index contributed by atoms with van der Waals surface area (Å²) in [6, 6.07) is 11.0. The molecule has 124 valence electrons. The lowest BCUT2D eigenvalue weighted by molar-refractivity contribution is -0.140. The van der Waals surface area contributed by atoms with Crippen molar-refractivity contribution in [3.8, 4) is 0 Å². The number of thiophene rings is 1. The number of rotatable bonds is 6. The molecule has 0 saturated carbocycles. The number of carboxylic acid groups (broad SMARTS) is 1. The number of aliphatic carboxylic acids is 1. The first-order valence-electron chi connectivity index (χ1n) is 7.12. The quantitative estimate of drug-likeness (QED) is 0.699. The summed E-state index contributed by atoms with van der Waals surface area (Å²) in [6.07, 6.45) is 1.51. The number of benzene rings is 1. The molecule has 6 nitrogen and oxygen atoms in total. The summed E-state index contributed by atoms with van der Waals surface area (Å²) >= 11 is 1.39. The SMILES string of the molecule is CC(NC(=O)/C(=C\c1cccs1)NC(=O)c1ccccc1)C(=O)O. The number of carbonyl (C=O) groups excluding carboxylic acids is 2. The summed E-state index contributed by atoms with van der Waals surface area (Å²) in [6.45, 7) is 1.35. The smallest absolute Gasteiger partial charge is 0.325 e. The van der Waals surface area contributed by atoms with E-state index in [1.54, 1.807) is 36.4 Å². The fourth-order valence-corrected chi connectivity index (χ4v) is 2.45. The molecular weight excluding hydrogens is 328 g/mol. The Hall–Kier alpha value is -2.93. The molecule has 2 aromatic rings. The van der Waals surface area contributed by atoms with Crippen LogP contribution in [0.2, 0.25) is 0 Å². The minimum absolute atomic E-state index is 0.0144. The minimum atomic E-state index is -1.16. The molecule has 0 bridgehead atoms. The zero-order valence-electron chi connectivity index (χ0n) is 12.9. The van der Waals surface area contributed by atoms with Gasteiger partial charge in [-0.1, -0.05) is 24.3 Å². The highest BCUT2D eigenvalue weighted by molar-refractivity contribution is 7.10. The van der Waals surface area contributed by atoms with Gasteiger partial charge in [0.2, 0.25) is 0 Å². The molecule has 0 fully saturated rings. The number of carbonyl (C=O) groups is 3. The van der Waals surface area contributed by atoms with Crippen LogP contribution in [0.15, 0.2) is 53.5 Å². The molecule has 0 saturated heterocycles. The maximum absolute atomic E-state index is 12.3. The van der Waals surface area contributed by atoms with Crippen molar-refractivity contribution in [1.82, 2.24) is 10.6 Å². The summed E-state index contributed by atoms with van der Waals surface area (Å²) in [5.41, 5.74) is 0.382. The largest absolute Gasteiger partial charge is 0.480 e. The molecule has 0 aliphatic carbocycles. The van der Waals surface area contributed by atoms with E-state index in [0.29, 0.717) is 5.56 Å². The second-order valence-electron chi connectivity index (χ2n) is 4.93. The van der Waals surface area contributed by atoms with E-state index in [1.165, 1.54) is 24.3 Å². The predicted molar refractivity (Wildman–Crippen MR) is 91.4 cm³/mol. The Morgan fingerprint density at radius 3 is 2.42 bits per heavy atom. The molecule has 0 radical (unpaired) electrons. The normalized spacial score (nSPS) is 12.3. The van der Waals surface area contributed by atoms with Gasteiger partial charge in [-0.05, 0) is 36.6 Å². The Morgan fingerprint density at radius 1 is 1.12 bits per heavy atom. The Labute approximate surface area is 142 Å². The maximum atomic E-state index is 12.3. The first-order valence-corrected chi connectivity index (χ1v) is 8.00. The first-order chi connectivity index (χ1) is 11.5. The summed E-state index contributed by atoms with van der Waals surface area (Å²) < 4.78 is 0. The molecule has 2 amide bonds. The molecule has 1 unspecified atom stereocenters. The first kappa shape index (κ1) is 17.4. The van der Waals surface area contributed by atoms with Crippen molar-refractivity contribution in [3.63, 3.8) is 0 Å². The number of carboxylic acids is 1. The molecule has 3 N–H and O–H groups in total. The minimum Gasteiger partial charge on any atom is -0.480 e. The third-order valence-electron chi connectivity index (χ3n) is 3.08. The number of hydrogen-bond acceptors (Lipinski definition) is 4. The van der Waals surface area contributed by atoms with E-state index >= 15 is 0 Å². The Balaban J connectivity index is 2.22. The van der Waals surface area contributed by atoms with Crippen LogP contribution in [0.1, 0.15) is 22.2 Å². The molecule has 0 spiro atoms. The van der Waals surface area contributed by atoms with Gasteiger partial charge in [0.1, 0.15) is 11.7 Å². The van der Waals surface area contributed by atoms with Gasteiger partial charge in [-0.2, -0.15) is 0 Å². The third-order valence-corrected chi connectivity index (χ3v) is 3.90. The summed E-state index contributed by atoms with van der Waals surface area (Å²) in [5, 5.41) is 15.6. The summed E-state index contributed by atoms with van der Waals surface area (Å²) in [4.78, 5) is 36.2. The fourth-order valence-electron chi connectivity index (χ4n) is 1.79. The number of amides is 2. The van der Waals surface area contributed by atoms with Crippen LogP contribution in [0.3, 0.4) is 0 Å². The molecule has 7 heteroatoms. The molecule has 0 aliphatic rings. The highest BCUT2D eigenvalue weighted by atomic mass is 32.1. The van der Waals surface area contributed by atoms with Crippen molar-refractivity contribution in [3.05, 3.63) is 64.0 Å². The summed E-state index contributed by atoms with van der Waals surface area (Å²) in [7, 11) is 0. The van der Waals surface area contributed by atoms with Crippen molar-refractivity contribution in [2.75, 3.05) is 0 Å². The second-order valence-corrected chi connectivity index (χ2v) is 5.91. The molecule has 0 aliphatic heterocycles. The van der Waals surface area contributed by atoms with Gasteiger partial charge in [0, 0.05) is 10.4 Å². The number of nitrogens with one attached hydrogen (secondary N) is 2. The van der Waals surface area contributed by atoms with Gasteiger partial charge in [0.05, 0.1) is 0 Å². The zero-order valence-corrected chi connectivity index (χ0v) is 13.7. The fraction of sp³-hybridized carbons (Fsp3) is 0.118. The van der Waals surface area contributed by atoms with E-state index in [1.807, 2.05) is 11.4 Å². The average Bonchev–Trinajstić information content (AvgIpc) is 3.07. The zero-order chi connectivity index (χ0) is 17.5. The molecule has 1 aromatic heterocycles. The third kappa shape index (κ3) is 4.79. The molecule has 2 rings (SSSR count). The van der Waals surface area contributed by atoms with Crippen LogP contribution in [-0.2, 0) is 9.59 Å². The monoisotopic (exact) mass is 344 g/mol. The molecule has 24 heavy (non-hydrogen) atoms. The van der Waals surface area contributed by atoms with Gasteiger partial charge >= 0.3 is 5.97 Å². The van der Waals surface area contributed by atoms with E-state index in [2.05, 4.69) is 10.6 Å². The topological polar surface area (TPSA) is 95.5 Å². The van der Waals surface area contributed by atoms with Crippen LogP contribution in [0, 0.1) is 0 Å². The van der Waals surface area contributed by atoms with Crippen molar-refractivity contribution >= 4 is 35.2 Å². The van der Waals surface area contributed by atoms with Crippen LogP contribution in [0.25, 0.3) is 6.08 Å². The highest BCUT2D eigenvalue weighted by Crippen LogP contribution is 2.13. The number of hydrogen-bond donors (Lipinski definition) is 3. The lowest BCUT2D eigenvalue weighted by atomic mass is 10.2. The maximum Gasteiger partial charge on any atom is 0.325 e. The predicted octanol–water partition coefficient (Wildman–Crippen LogP) is 2.11. The van der Waals surface area contributed by atoms with E-state index in [0.717, 1.165) is 4.88 Å². The van der Waals surface area contributed by atoms with Crippen molar-refractivity contribution < 1.29 is 19.5 Å². The Kier molecular flexibility index (Phi) is 5.86. The van der Waals surface area contributed by atoms with Crippen LogP contribution >= 0.6 is 11.3 Å². The van der Waals surface area contributed by atoms with Gasteiger partial charge in [-0.3, -0.25) is 14.4 Å². The van der Waals surface area contributed by atoms with Gasteiger partial charge in [-0.15, -0.1) is 11.3 Å². The van der Waals surface area contributed by atoms with Crippen LogP contribution < -0.4 is 10.6 Å². The van der Waals surface area contributed by atoms with E-state index < -0.39 is 23.8 Å². The second kappa shape index (κ2) is 8.07. The molecule has 1 aromatic carbocycles. The van der Waals surface area contributed by atoms with Gasteiger partial charge in [-0.25, -0.2) is 0 Å². The van der Waals surface area contributed by atoms with Crippen LogP contribution in [-0.4, -0.2) is 28.9 Å². The summed E-state index contributed by atoms with van der Waals surface area (Å²) in [5.74, 6) is -2.27. The lowest BCUT2D eigenvalue weighted by Crippen LogP contribution is -2.42. The highest BCUT2D eigenvalue weighted by Gasteiger charge is 2.19. The van der Waals surface area contributed by atoms with Gasteiger partial charge < -0.3 is 15.7 Å². The molecule has 1 heterocycles. The van der Waals surface area contributed by atoms with Crippen molar-refractivity contribution in [2.24, 2.45) is 0 Å². The average molecular weight is 344 g/mol. The van der Waals surface area contributed by atoms with Gasteiger partial charge in [0.25, 0.3) is 11.8 Å². The van der Waals surface area contributed by atoms with E-state index in [-0.39, 0.29) is 5.70 Å². The van der Waals surface area contributed by atoms with Crippen molar-refractivity contribution in [2.45, 2.75) is 13.0 Å². The van der Waals surface area contributed by atoms with Crippen LogP contribution in [0.4, 0.5) is 0 Å². The van der Waals surface area contributed by atoms with E-state index in [9.17, 15) is 14.4 Å². The molecular formula is C17H16N2O4S. The molecule has 1 atom stereocenters. The van der Waals surface area contributed by atoms with Gasteiger partial charge in [0.15, 0.2) is 0 Å². The standard InChI is InChI=1S/C17H16N2O4S/c1-11(17(22)23)18-16(21)14(10-13-8-5-9-24-13)19-15(20)12-6-3-2-4-7-12/h2-11H,1H3,(H,18,21)(H,19,20)(H,22,23)/b14-10+. The lowest BCUT2D eigenvalue weighted by Gasteiger charge is -2.13. The van der Waals surface area contributed by atoms with Crippen LogP contribution in [0.5, 0.6) is 0 Å². The Bertz CT molecular complexity index is 754. The Morgan fingerprint density at radius 2 is 1.83 bits per heavy atom. The van der Waals surface area contributed by atoms with Crippen molar-refractivity contribution in [1.29, 1.82) is 0 Å². The van der Waals surface area contributed by atoms with E-state index in [4.69, 9.17) is 5.11 Å².